The zero-order chi connectivity index (χ0) is 19.7. The number of nitrogens with one attached hydrogen (secondary N) is 2. The topological polar surface area (TPSA) is 96.2 Å². The summed E-state index contributed by atoms with van der Waals surface area (Å²) in [6.07, 6.45) is 0.0356. The van der Waals surface area contributed by atoms with Crippen molar-refractivity contribution in [2.24, 2.45) is 0 Å². The highest BCUT2D eigenvalue weighted by atomic mass is 19.1. The summed E-state index contributed by atoms with van der Waals surface area (Å²) in [5, 5.41) is 14.1. The maximum atomic E-state index is 14.4. The van der Waals surface area contributed by atoms with Gasteiger partial charge in [0.25, 0.3) is 5.56 Å². The average molecular weight is 374 g/mol. The number of halogens is 2. The Morgan fingerprint density at radius 3 is 2.56 bits per heavy atom. The van der Waals surface area contributed by atoms with Gasteiger partial charge >= 0.3 is 6.09 Å². The SMILES string of the molecule is CCn1c(=O)c(-c2cc(NC(=O)O)c(F)cc2F)cc2cnc(NC)cc21. The van der Waals surface area contributed by atoms with Gasteiger partial charge in [-0.25, -0.2) is 18.6 Å². The standard InChI is InChI=1S/C18H16F2N4O3/c1-3-24-15-7-16(21-2)22-8-9(15)4-11(17(24)25)10-5-14(23-18(26)27)13(20)6-12(10)19/h4-8,23H,3H2,1-2H3,(H,21,22)(H,26,27). The van der Waals surface area contributed by atoms with Crippen LogP contribution in [0.25, 0.3) is 22.0 Å². The Bertz CT molecular complexity index is 1110. The van der Waals surface area contributed by atoms with E-state index in [9.17, 15) is 18.4 Å². The Morgan fingerprint density at radius 2 is 1.93 bits per heavy atom. The second-order valence-corrected chi connectivity index (χ2v) is 5.73. The first kappa shape index (κ1) is 18.3. The van der Waals surface area contributed by atoms with Crippen LogP contribution in [0.4, 0.5) is 25.1 Å². The molecule has 3 N–H and O–H groups in total. The number of carbonyl (C=O) groups is 1. The second kappa shape index (κ2) is 7.02. The Hall–Kier alpha value is -3.49. The largest absolute Gasteiger partial charge is 0.465 e. The first-order valence-electron chi connectivity index (χ1n) is 8.06. The smallest absolute Gasteiger partial charge is 0.409 e. The molecule has 0 fully saturated rings. The van der Waals surface area contributed by atoms with Gasteiger partial charge in [0.1, 0.15) is 17.5 Å². The van der Waals surface area contributed by atoms with Gasteiger partial charge in [-0.3, -0.25) is 10.1 Å². The lowest BCUT2D eigenvalue weighted by atomic mass is 10.0. The van der Waals surface area contributed by atoms with Crippen LogP contribution in [0, 0.1) is 11.6 Å². The van der Waals surface area contributed by atoms with E-state index in [4.69, 9.17) is 5.11 Å². The highest BCUT2D eigenvalue weighted by Gasteiger charge is 2.18. The van der Waals surface area contributed by atoms with Crippen molar-refractivity contribution in [3.05, 3.63) is 52.5 Å². The van der Waals surface area contributed by atoms with Crippen LogP contribution < -0.4 is 16.2 Å². The molecular weight excluding hydrogens is 358 g/mol. The molecule has 0 unspecified atom stereocenters. The van der Waals surface area contributed by atoms with Gasteiger partial charge in [-0.05, 0) is 19.1 Å². The third-order valence-corrected chi connectivity index (χ3v) is 4.14. The number of pyridine rings is 2. The Labute approximate surface area is 152 Å². The molecule has 0 saturated heterocycles. The fourth-order valence-electron chi connectivity index (χ4n) is 2.88. The van der Waals surface area contributed by atoms with Gasteiger partial charge in [-0.1, -0.05) is 0 Å². The van der Waals surface area contributed by atoms with Crippen molar-refractivity contribution >= 4 is 28.5 Å². The van der Waals surface area contributed by atoms with E-state index in [0.717, 1.165) is 6.07 Å². The van der Waals surface area contributed by atoms with E-state index >= 15 is 0 Å². The van der Waals surface area contributed by atoms with Gasteiger partial charge in [0.2, 0.25) is 0 Å². The molecule has 0 radical (unpaired) electrons. The van der Waals surface area contributed by atoms with Crippen molar-refractivity contribution < 1.29 is 18.7 Å². The summed E-state index contributed by atoms with van der Waals surface area (Å²) >= 11 is 0. The molecule has 1 amide bonds. The molecule has 0 aliphatic heterocycles. The van der Waals surface area contributed by atoms with E-state index < -0.39 is 29.0 Å². The van der Waals surface area contributed by atoms with Crippen LogP contribution in [0.1, 0.15) is 6.92 Å². The number of fused-ring (bicyclic) bond motifs is 1. The molecule has 7 nitrogen and oxygen atoms in total. The molecule has 3 aromatic rings. The lowest BCUT2D eigenvalue weighted by Gasteiger charge is -2.14. The van der Waals surface area contributed by atoms with Gasteiger partial charge in [0.05, 0.1) is 16.8 Å². The predicted octanol–water partition coefficient (Wildman–Crippen LogP) is 3.49. The normalized spacial score (nSPS) is 10.8. The Balaban J connectivity index is 2.30. The monoisotopic (exact) mass is 374 g/mol. The molecule has 2 aromatic heterocycles. The number of anilines is 2. The molecular formula is C18H16F2N4O3. The maximum absolute atomic E-state index is 14.4. The predicted molar refractivity (Wildman–Crippen MR) is 98.2 cm³/mol. The fraction of sp³-hybridized carbons (Fsp3) is 0.167. The minimum absolute atomic E-state index is 0.0192. The van der Waals surface area contributed by atoms with Crippen LogP contribution in [-0.2, 0) is 6.54 Å². The van der Waals surface area contributed by atoms with E-state index in [1.807, 2.05) is 5.32 Å². The van der Waals surface area contributed by atoms with Crippen molar-refractivity contribution in [2.75, 3.05) is 17.7 Å². The van der Waals surface area contributed by atoms with Crippen LogP contribution in [0.15, 0.2) is 35.3 Å². The number of benzene rings is 1. The number of nitrogens with zero attached hydrogens (tertiary/aromatic N) is 2. The first-order chi connectivity index (χ1) is 12.8. The van der Waals surface area contributed by atoms with Gasteiger partial charge in [0.15, 0.2) is 0 Å². The molecule has 9 heteroatoms. The molecule has 0 spiro atoms. The highest BCUT2D eigenvalue weighted by molar-refractivity contribution is 5.88. The zero-order valence-electron chi connectivity index (χ0n) is 14.5. The second-order valence-electron chi connectivity index (χ2n) is 5.73. The van der Waals surface area contributed by atoms with Crippen LogP contribution >= 0.6 is 0 Å². The summed E-state index contributed by atoms with van der Waals surface area (Å²) in [6, 6.07) is 4.67. The molecule has 27 heavy (non-hydrogen) atoms. The van der Waals surface area contributed by atoms with E-state index in [2.05, 4.69) is 10.3 Å². The number of hydrogen-bond donors (Lipinski definition) is 3. The number of rotatable bonds is 4. The third kappa shape index (κ3) is 3.31. The van der Waals surface area contributed by atoms with Crippen molar-refractivity contribution in [1.29, 1.82) is 0 Å². The van der Waals surface area contributed by atoms with E-state index in [1.54, 1.807) is 20.0 Å². The Kier molecular flexibility index (Phi) is 4.76. The molecule has 1 aromatic carbocycles. The third-order valence-electron chi connectivity index (χ3n) is 4.14. The molecule has 2 heterocycles. The minimum Gasteiger partial charge on any atom is -0.465 e. The molecule has 3 rings (SSSR count). The molecule has 0 saturated carbocycles. The quantitative estimate of drug-likeness (QED) is 0.650. The van der Waals surface area contributed by atoms with E-state index in [-0.39, 0.29) is 11.1 Å². The first-order valence-corrected chi connectivity index (χ1v) is 8.06. The summed E-state index contributed by atoms with van der Waals surface area (Å²) in [6.45, 7) is 2.09. The van der Waals surface area contributed by atoms with Crippen molar-refractivity contribution in [3.8, 4) is 11.1 Å². The van der Waals surface area contributed by atoms with Crippen LogP contribution in [-0.4, -0.2) is 27.8 Å². The number of hydrogen-bond acceptors (Lipinski definition) is 4. The number of aryl methyl sites for hydroxylation is 1. The van der Waals surface area contributed by atoms with Gasteiger partial charge in [-0.2, -0.15) is 0 Å². The Morgan fingerprint density at radius 1 is 1.19 bits per heavy atom. The average Bonchev–Trinajstić information content (AvgIpc) is 2.63. The molecule has 0 atom stereocenters. The summed E-state index contributed by atoms with van der Waals surface area (Å²) < 4.78 is 29.7. The van der Waals surface area contributed by atoms with Gasteiger partial charge < -0.3 is 15.0 Å². The summed E-state index contributed by atoms with van der Waals surface area (Å²) in [5.41, 5.74) is -0.534. The van der Waals surface area contributed by atoms with Crippen LogP contribution in [0.2, 0.25) is 0 Å². The van der Waals surface area contributed by atoms with Crippen molar-refractivity contribution in [3.63, 3.8) is 0 Å². The summed E-state index contributed by atoms with van der Waals surface area (Å²) in [7, 11) is 1.70. The number of carboxylic acid groups (broad SMARTS) is 1. The fourth-order valence-corrected chi connectivity index (χ4v) is 2.88. The summed E-state index contributed by atoms with van der Waals surface area (Å²) in [4.78, 5) is 27.9. The van der Waals surface area contributed by atoms with Crippen LogP contribution in [0.5, 0.6) is 0 Å². The minimum atomic E-state index is -1.50. The van der Waals surface area contributed by atoms with Crippen LogP contribution in [0.3, 0.4) is 0 Å². The maximum Gasteiger partial charge on any atom is 0.409 e. The lowest BCUT2D eigenvalue weighted by Crippen LogP contribution is -2.22. The van der Waals surface area contributed by atoms with E-state index in [1.165, 1.54) is 16.8 Å². The number of aromatic nitrogens is 2. The van der Waals surface area contributed by atoms with Gasteiger partial charge in [-0.15, -0.1) is 0 Å². The molecule has 0 aliphatic carbocycles. The lowest BCUT2D eigenvalue weighted by molar-refractivity contribution is 0.209. The van der Waals surface area contributed by atoms with E-state index in [0.29, 0.717) is 29.3 Å². The van der Waals surface area contributed by atoms with Crippen molar-refractivity contribution in [2.45, 2.75) is 13.5 Å². The summed E-state index contributed by atoms with van der Waals surface area (Å²) in [5.74, 6) is -1.48. The van der Waals surface area contributed by atoms with Gasteiger partial charge in [0, 0.05) is 42.9 Å². The molecule has 0 bridgehead atoms. The van der Waals surface area contributed by atoms with Crippen molar-refractivity contribution in [1.82, 2.24) is 9.55 Å². The zero-order valence-corrected chi connectivity index (χ0v) is 14.5. The number of amides is 1. The molecule has 0 aliphatic rings. The highest BCUT2D eigenvalue weighted by Crippen LogP contribution is 2.28. The molecule has 140 valence electrons.